The van der Waals surface area contributed by atoms with Gasteiger partial charge in [0, 0.05) is 54.8 Å². The van der Waals surface area contributed by atoms with Gasteiger partial charge >= 0.3 is 6.18 Å². The Bertz CT molecular complexity index is 1790. The SMILES string of the molecule is Cn1cc2c3cc(C(=O)NCCCCCCCn4nncc4CCCCCC(N)=O)ccc3n(-c3ccc(C(F)(F)F)cc3)c2n1. The maximum atomic E-state index is 13.1. The zero-order valence-electron chi connectivity index (χ0n) is 25.9. The number of carbonyl (C=O) groups excluding carboxylic acids is 2. The molecule has 5 aromatic rings. The first-order valence-corrected chi connectivity index (χ1v) is 15.7. The fourth-order valence-electron chi connectivity index (χ4n) is 5.76. The molecule has 0 fully saturated rings. The van der Waals surface area contributed by atoms with Crippen LogP contribution in [-0.2, 0) is 31.0 Å². The summed E-state index contributed by atoms with van der Waals surface area (Å²) in [5.74, 6) is -0.428. The Kier molecular flexibility index (Phi) is 10.4. The number of benzene rings is 2. The van der Waals surface area contributed by atoms with E-state index in [9.17, 15) is 22.8 Å². The summed E-state index contributed by atoms with van der Waals surface area (Å²) in [5, 5.41) is 17.4. The number of amides is 2. The minimum atomic E-state index is -4.42. The molecule has 2 aromatic carbocycles. The van der Waals surface area contributed by atoms with Crippen molar-refractivity contribution in [2.75, 3.05) is 6.54 Å². The number of hydrogen-bond donors (Lipinski definition) is 2. The number of aromatic nitrogens is 6. The number of alkyl halides is 3. The molecule has 2 amide bonds. The number of hydrogen-bond acceptors (Lipinski definition) is 5. The number of nitrogens with two attached hydrogens (primary N) is 1. The van der Waals surface area contributed by atoms with Crippen molar-refractivity contribution in [2.45, 2.75) is 76.9 Å². The highest BCUT2D eigenvalue weighted by molar-refractivity contribution is 6.10. The third-order valence-electron chi connectivity index (χ3n) is 8.15. The molecule has 0 aliphatic rings. The summed E-state index contributed by atoms with van der Waals surface area (Å²) >= 11 is 0. The van der Waals surface area contributed by atoms with Gasteiger partial charge in [0.05, 0.1) is 23.0 Å². The Morgan fingerprint density at radius 1 is 0.913 bits per heavy atom. The number of carbonyl (C=O) groups is 2. The van der Waals surface area contributed by atoms with Crippen LogP contribution in [0, 0.1) is 0 Å². The molecule has 0 aliphatic heterocycles. The highest BCUT2D eigenvalue weighted by Gasteiger charge is 2.30. The van der Waals surface area contributed by atoms with Crippen LogP contribution in [0.3, 0.4) is 0 Å². The number of rotatable bonds is 16. The van der Waals surface area contributed by atoms with E-state index in [2.05, 4.69) is 20.7 Å². The number of halogens is 3. The lowest BCUT2D eigenvalue weighted by Gasteiger charge is -2.10. The molecule has 0 atom stereocenters. The van der Waals surface area contributed by atoms with Crippen molar-refractivity contribution in [2.24, 2.45) is 12.8 Å². The Morgan fingerprint density at radius 2 is 1.65 bits per heavy atom. The maximum Gasteiger partial charge on any atom is 0.416 e. The summed E-state index contributed by atoms with van der Waals surface area (Å²) in [5.41, 5.74) is 8.02. The predicted octanol–water partition coefficient (Wildman–Crippen LogP) is 6.10. The molecule has 244 valence electrons. The topological polar surface area (TPSA) is 126 Å². The van der Waals surface area contributed by atoms with Crippen molar-refractivity contribution in [3.05, 3.63) is 71.7 Å². The molecule has 0 radical (unpaired) electrons. The summed E-state index contributed by atoms with van der Waals surface area (Å²) in [6.45, 7) is 1.38. The summed E-state index contributed by atoms with van der Waals surface area (Å²) in [6.07, 6.45) is 8.26. The van der Waals surface area contributed by atoms with Crippen molar-refractivity contribution in [1.29, 1.82) is 0 Å². The first-order chi connectivity index (χ1) is 22.1. The van der Waals surface area contributed by atoms with E-state index in [0.29, 0.717) is 29.9 Å². The first-order valence-electron chi connectivity index (χ1n) is 15.7. The van der Waals surface area contributed by atoms with E-state index in [4.69, 9.17) is 5.73 Å². The molecule has 3 N–H and O–H groups in total. The lowest BCUT2D eigenvalue weighted by molar-refractivity contribution is -0.137. The van der Waals surface area contributed by atoms with Gasteiger partial charge in [-0.05, 0) is 74.6 Å². The molecule has 3 heterocycles. The Morgan fingerprint density at radius 3 is 2.41 bits per heavy atom. The Balaban J connectivity index is 1.09. The highest BCUT2D eigenvalue weighted by atomic mass is 19.4. The molecule has 5 rings (SSSR count). The quantitative estimate of drug-likeness (QED) is 0.127. The van der Waals surface area contributed by atoms with Crippen LogP contribution in [0.25, 0.3) is 27.6 Å². The predicted molar refractivity (Wildman–Crippen MR) is 169 cm³/mol. The number of unbranched alkanes of at least 4 members (excludes halogenated alkanes) is 6. The van der Waals surface area contributed by atoms with Crippen molar-refractivity contribution in [3.8, 4) is 5.69 Å². The zero-order chi connectivity index (χ0) is 32.7. The van der Waals surface area contributed by atoms with Crippen LogP contribution in [0.1, 0.15) is 79.4 Å². The Hall–Kier alpha value is -4.68. The minimum absolute atomic E-state index is 0.172. The molecule has 0 saturated carbocycles. The molecule has 46 heavy (non-hydrogen) atoms. The lowest BCUT2D eigenvalue weighted by Crippen LogP contribution is -2.24. The van der Waals surface area contributed by atoms with E-state index < -0.39 is 11.7 Å². The molecule has 3 aromatic heterocycles. The van der Waals surface area contributed by atoms with Gasteiger partial charge in [0.25, 0.3) is 5.91 Å². The molecule has 0 saturated heterocycles. The number of aryl methyl sites for hydroxylation is 3. The van der Waals surface area contributed by atoms with E-state index >= 15 is 0 Å². The number of nitrogens with one attached hydrogen (secondary N) is 1. The molecule has 10 nitrogen and oxygen atoms in total. The van der Waals surface area contributed by atoms with Crippen LogP contribution < -0.4 is 11.1 Å². The maximum absolute atomic E-state index is 13.1. The summed E-state index contributed by atoms with van der Waals surface area (Å²) in [6, 6.07) is 10.3. The number of primary amides is 1. The first kappa shape index (κ1) is 32.7. The van der Waals surface area contributed by atoms with E-state index in [1.54, 1.807) is 17.8 Å². The second-order valence-electron chi connectivity index (χ2n) is 11.7. The minimum Gasteiger partial charge on any atom is -0.370 e. The van der Waals surface area contributed by atoms with Gasteiger partial charge < -0.3 is 11.1 Å². The van der Waals surface area contributed by atoms with Crippen molar-refractivity contribution < 1.29 is 22.8 Å². The van der Waals surface area contributed by atoms with Gasteiger partial charge in [0.15, 0.2) is 5.65 Å². The van der Waals surface area contributed by atoms with E-state index in [0.717, 1.165) is 98.4 Å². The highest BCUT2D eigenvalue weighted by Crippen LogP contribution is 2.34. The van der Waals surface area contributed by atoms with Gasteiger partial charge in [-0.25, -0.2) is 4.68 Å². The average Bonchev–Trinajstić information content (AvgIpc) is 3.71. The molecular formula is C33H39F3N8O2. The van der Waals surface area contributed by atoms with E-state index in [1.165, 1.54) is 12.1 Å². The monoisotopic (exact) mass is 636 g/mol. The van der Waals surface area contributed by atoms with Crippen LogP contribution in [0.15, 0.2) is 54.9 Å². The van der Waals surface area contributed by atoms with Gasteiger partial charge in [-0.15, -0.1) is 5.10 Å². The van der Waals surface area contributed by atoms with Gasteiger partial charge in [-0.1, -0.05) is 30.9 Å². The third kappa shape index (κ3) is 7.93. The lowest BCUT2D eigenvalue weighted by atomic mass is 10.1. The van der Waals surface area contributed by atoms with Crippen LogP contribution in [0.4, 0.5) is 13.2 Å². The van der Waals surface area contributed by atoms with Gasteiger partial charge in [0.1, 0.15) is 0 Å². The van der Waals surface area contributed by atoms with Gasteiger partial charge in [-0.3, -0.25) is 18.8 Å². The van der Waals surface area contributed by atoms with Crippen LogP contribution in [0.5, 0.6) is 0 Å². The van der Waals surface area contributed by atoms with Gasteiger partial charge in [0.2, 0.25) is 5.91 Å². The third-order valence-corrected chi connectivity index (χ3v) is 8.15. The van der Waals surface area contributed by atoms with Gasteiger partial charge in [-0.2, -0.15) is 18.3 Å². The second kappa shape index (κ2) is 14.6. The second-order valence-corrected chi connectivity index (χ2v) is 11.7. The van der Waals surface area contributed by atoms with Crippen LogP contribution in [-0.4, -0.2) is 47.7 Å². The summed E-state index contributed by atoms with van der Waals surface area (Å²) < 4.78 is 44.8. The van der Waals surface area contributed by atoms with Crippen LogP contribution in [0.2, 0.25) is 0 Å². The fraction of sp³-hybridized carbons (Fsp3) is 0.424. The summed E-state index contributed by atoms with van der Waals surface area (Å²) in [4.78, 5) is 23.9. The van der Waals surface area contributed by atoms with Crippen molar-refractivity contribution in [1.82, 2.24) is 34.7 Å². The number of fused-ring (bicyclic) bond motifs is 3. The molecular weight excluding hydrogens is 597 g/mol. The van der Waals surface area contributed by atoms with Crippen LogP contribution >= 0.6 is 0 Å². The molecule has 0 spiro atoms. The number of nitrogens with zero attached hydrogens (tertiary/aromatic N) is 6. The van der Waals surface area contributed by atoms with Crippen molar-refractivity contribution in [3.63, 3.8) is 0 Å². The van der Waals surface area contributed by atoms with E-state index in [-0.39, 0.29) is 11.8 Å². The smallest absolute Gasteiger partial charge is 0.370 e. The Labute approximate surface area is 264 Å². The molecule has 0 unspecified atom stereocenters. The largest absolute Gasteiger partial charge is 0.416 e. The standard InChI is InChI=1S/C33H39F3N8O2/c1-42-22-28-27-20-23(12-17-29(27)44(31(28)40-42)25-15-13-24(14-16-25)33(34,35)36)32(46)38-18-8-3-2-4-9-19-43-26(21-39-41-43)10-6-5-7-11-30(37)45/h12-17,20-22H,2-11,18-19H2,1H3,(H2,37,45)(H,38,46). The zero-order valence-corrected chi connectivity index (χ0v) is 25.9. The average molecular weight is 637 g/mol. The van der Waals surface area contributed by atoms with Crippen molar-refractivity contribution >= 4 is 33.8 Å². The molecule has 0 bridgehead atoms. The van der Waals surface area contributed by atoms with E-state index in [1.807, 2.05) is 33.8 Å². The summed E-state index contributed by atoms with van der Waals surface area (Å²) in [7, 11) is 1.78. The fourth-order valence-corrected chi connectivity index (χ4v) is 5.76. The molecule has 0 aliphatic carbocycles. The molecule has 13 heteroatoms. The normalized spacial score (nSPS) is 11.9.